The first-order valence-electron chi connectivity index (χ1n) is 4.88. The Kier molecular flexibility index (Phi) is 5.97. The summed E-state index contributed by atoms with van der Waals surface area (Å²) in [5, 5.41) is 8.85. The molecule has 0 spiro atoms. The van der Waals surface area contributed by atoms with E-state index < -0.39 is 5.97 Å². The van der Waals surface area contributed by atoms with Gasteiger partial charge < -0.3 is 9.84 Å². The fourth-order valence-electron chi connectivity index (χ4n) is 1.10. The second kappa shape index (κ2) is 7.01. The van der Waals surface area contributed by atoms with Crippen LogP contribution in [0.1, 0.15) is 17.3 Å². The molecule has 0 amide bonds. The van der Waals surface area contributed by atoms with Gasteiger partial charge in [0.1, 0.15) is 5.75 Å². The Bertz CT molecular complexity index is 368. The number of hydrogen-bond donors (Lipinski definition) is 1. The Balaban J connectivity index is 2.63. The number of thioether (sulfide) groups is 1. The number of carboxylic acid groups (broad SMARTS) is 1. The zero-order valence-corrected chi connectivity index (χ0v) is 11.9. The van der Waals surface area contributed by atoms with E-state index in [1.54, 1.807) is 30.0 Å². The Hall–Kier alpha value is -0.430. The molecule has 1 aromatic rings. The van der Waals surface area contributed by atoms with Crippen molar-refractivity contribution in [3.63, 3.8) is 0 Å². The molecule has 88 valence electrons. The van der Waals surface area contributed by atoms with E-state index in [-0.39, 0.29) is 5.56 Å². The monoisotopic (exact) mass is 352 g/mol. The van der Waals surface area contributed by atoms with Crippen molar-refractivity contribution in [3.8, 4) is 5.75 Å². The fraction of sp³-hybridized carbons (Fsp3) is 0.364. The van der Waals surface area contributed by atoms with Gasteiger partial charge in [-0.1, -0.05) is 6.92 Å². The fourth-order valence-corrected chi connectivity index (χ4v) is 2.08. The van der Waals surface area contributed by atoms with E-state index in [0.717, 1.165) is 15.1 Å². The first-order chi connectivity index (χ1) is 7.65. The molecule has 0 aromatic heterocycles. The van der Waals surface area contributed by atoms with Crippen molar-refractivity contribution in [1.82, 2.24) is 0 Å². The molecule has 0 bridgehead atoms. The third-order valence-electron chi connectivity index (χ3n) is 1.87. The largest absolute Gasteiger partial charge is 0.492 e. The van der Waals surface area contributed by atoms with Crippen LogP contribution in [0, 0.1) is 3.57 Å². The highest BCUT2D eigenvalue weighted by Crippen LogP contribution is 2.22. The van der Waals surface area contributed by atoms with Gasteiger partial charge in [-0.15, -0.1) is 0 Å². The van der Waals surface area contributed by atoms with Crippen LogP contribution in [0.5, 0.6) is 5.75 Å². The highest BCUT2D eigenvalue weighted by Gasteiger charge is 2.07. The molecule has 0 unspecified atom stereocenters. The minimum Gasteiger partial charge on any atom is -0.492 e. The van der Waals surface area contributed by atoms with E-state index in [4.69, 9.17) is 9.84 Å². The summed E-state index contributed by atoms with van der Waals surface area (Å²) in [4.78, 5) is 10.8. The molecule has 0 radical (unpaired) electrons. The Morgan fingerprint density at radius 2 is 2.31 bits per heavy atom. The number of aromatic carboxylic acids is 1. The topological polar surface area (TPSA) is 46.5 Å². The summed E-state index contributed by atoms with van der Waals surface area (Å²) in [6.45, 7) is 2.71. The molecular weight excluding hydrogens is 339 g/mol. The van der Waals surface area contributed by atoms with Crippen molar-refractivity contribution in [3.05, 3.63) is 27.3 Å². The van der Waals surface area contributed by atoms with E-state index >= 15 is 0 Å². The SMILES string of the molecule is CCSCCOc1cc(C(=O)O)ccc1I. The second-order valence-electron chi connectivity index (χ2n) is 3.00. The first kappa shape index (κ1) is 13.6. The van der Waals surface area contributed by atoms with Gasteiger partial charge in [0.2, 0.25) is 0 Å². The zero-order valence-electron chi connectivity index (χ0n) is 8.90. The number of benzene rings is 1. The number of ether oxygens (including phenoxy) is 1. The van der Waals surface area contributed by atoms with Crippen LogP contribution in [0.3, 0.4) is 0 Å². The maximum atomic E-state index is 10.8. The van der Waals surface area contributed by atoms with Gasteiger partial charge in [-0.3, -0.25) is 0 Å². The van der Waals surface area contributed by atoms with Gasteiger partial charge in [0, 0.05) is 5.75 Å². The maximum Gasteiger partial charge on any atom is 0.335 e. The van der Waals surface area contributed by atoms with Crippen LogP contribution in [0.2, 0.25) is 0 Å². The molecule has 16 heavy (non-hydrogen) atoms. The summed E-state index contributed by atoms with van der Waals surface area (Å²) in [6.07, 6.45) is 0. The van der Waals surface area contributed by atoms with Crippen molar-refractivity contribution in [2.75, 3.05) is 18.1 Å². The van der Waals surface area contributed by atoms with Crippen molar-refractivity contribution >= 4 is 40.3 Å². The van der Waals surface area contributed by atoms with Gasteiger partial charge in [0.25, 0.3) is 0 Å². The average Bonchev–Trinajstić information content (AvgIpc) is 2.26. The lowest BCUT2D eigenvalue weighted by atomic mass is 10.2. The molecule has 5 heteroatoms. The summed E-state index contributed by atoms with van der Waals surface area (Å²) >= 11 is 3.94. The lowest BCUT2D eigenvalue weighted by molar-refractivity contribution is 0.0696. The molecule has 0 saturated carbocycles. The van der Waals surface area contributed by atoms with Gasteiger partial charge in [-0.05, 0) is 46.5 Å². The standard InChI is InChI=1S/C11H13IO3S/c1-2-16-6-5-15-10-7-8(11(13)14)3-4-9(10)12/h3-4,7H,2,5-6H2,1H3,(H,13,14). The van der Waals surface area contributed by atoms with Crippen molar-refractivity contribution in [2.45, 2.75) is 6.92 Å². The molecule has 3 nitrogen and oxygen atoms in total. The highest BCUT2D eigenvalue weighted by atomic mass is 127. The van der Waals surface area contributed by atoms with E-state index in [1.165, 1.54) is 0 Å². The Morgan fingerprint density at radius 1 is 1.56 bits per heavy atom. The van der Waals surface area contributed by atoms with Crippen molar-refractivity contribution in [2.24, 2.45) is 0 Å². The molecule has 0 fully saturated rings. The van der Waals surface area contributed by atoms with E-state index in [9.17, 15) is 4.79 Å². The third kappa shape index (κ3) is 4.21. The van der Waals surface area contributed by atoms with Gasteiger partial charge in [0.15, 0.2) is 0 Å². The molecule has 0 aliphatic rings. The number of halogens is 1. The van der Waals surface area contributed by atoms with Crippen LogP contribution in [0.4, 0.5) is 0 Å². The third-order valence-corrected chi connectivity index (χ3v) is 3.62. The molecular formula is C11H13IO3S. The minimum absolute atomic E-state index is 0.263. The molecule has 0 aliphatic carbocycles. The Labute approximate surface area is 113 Å². The van der Waals surface area contributed by atoms with Crippen molar-refractivity contribution < 1.29 is 14.6 Å². The summed E-state index contributed by atoms with van der Waals surface area (Å²) in [5.41, 5.74) is 0.263. The van der Waals surface area contributed by atoms with Gasteiger partial charge >= 0.3 is 5.97 Å². The molecule has 0 saturated heterocycles. The smallest absolute Gasteiger partial charge is 0.335 e. The maximum absolute atomic E-state index is 10.8. The minimum atomic E-state index is -0.927. The van der Waals surface area contributed by atoms with E-state index in [0.29, 0.717) is 12.4 Å². The molecule has 1 N–H and O–H groups in total. The molecule has 0 aliphatic heterocycles. The molecule has 1 aromatic carbocycles. The van der Waals surface area contributed by atoms with Crippen LogP contribution >= 0.6 is 34.4 Å². The normalized spacial score (nSPS) is 10.1. The van der Waals surface area contributed by atoms with Crippen LogP contribution in [-0.4, -0.2) is 29.2 Å². The molecule has 1 rings (SSSR count). The second-order valence-corrected chi connectivity index (χ2v) is 5.55. The number of carboxylic acids is 1. The number of rotatable bonds is 6. The zero-order chi connectivity index (χ0) is 12.0. The van der Waals surface area contributed by atoms with Crippen LogP contribution in [0.25, 0.3) is 0 Å². The summed E-state index contributed by atoms with van der Waals surface area (Å²) in [6, 6.07) is 4.91. The van der Waals surface area contributed by atoms with Crippen LogP contribution in [0.15, 0.2) is 18.2 Å². The van der Waals surface area contributed by atoms with Gasteiger partial charge in [-0.2, -0.15) is 11.8 Å². The predicted molar refractivity (Wildman–Crippen MR) is 74.6 cm³/mol. The van der Waals surface area contributed by atoms with Crippen molar-refractivity contribution in [1.29, 1.82) is 0 Å². The summed E-state index contributed by atoms with van der Waals surface area (Å²) < 4.78 is 6.47. The quantitative estimate of drug-likeness (QED) is 0.631. The van der Waals surface area contributed by atoms with E-state index in [2.05, 4.69) is 29.5 Å². The number of carbonyl (C=O) groups is 1. The summed E-state index contributed by atoms with van der Waals surface area (Å²) in [7, 11) is 0. The number of hydrogen-bond acceptors (Lipinski definition) is 3. The highest BCUT2D eigenvalue weighted by molar-refractivity contribution is 14.1. The lowest BCUT2D eigenvalue weighted by Crippen LogP contribution is -2.04. The lowest BCUT2D eigenvalue weighted by Gasteiger charge is -2.08. The molecule has 0 heterocycles. The van der Waals surface area contributed by atoms with E-state index in [1.807, 2.05) is 0 Å². The van der Waals surface area contributed by atoms with Gasteiger partial charge in [-0.25, -0.2) is 4.79 Å². The summed E-state index contributed by atoms with van der Waals surface area (Å²) in [5.74, 6) is 1.71. The Morgan fingerprint density at radius 3 is 2.94 bits per heavy atom. The first-order valence-corrected chi connectivity index (χ1v) is 7.12. The average molecular weight is 352 g/mol. The predicted octanol–water partition coefficient (Wildman–Crippen LogP) is 3.12. The van der Waals surface area contributed by atoms with Crippen LogP contribution < -0.4 is 4.74 Å². The van der Waals surface area contributed by atoms with Crippen LogP contribution in [-0.2, 0) is 0 Å². The molecule has 0 atom stereocenters. The van der Waals surface area contributed by atoms with Gasteiger partial charge in [0.05, 0.1) is 15.7 Å².